The van der Waals surface area contributed by atoms with E-state index in [1.807, 2.05) is 6.92 Å². The summed E-state index contributed by atoms with van der Waals surface area (Å²) >= 11 is 0. The molecule has 0 aliphatic carbocycles. The maximum Gasteiger partial charge on any atom is 0.123 e. The molecule has 146 valence electrons. The van der Waals surface area contributed by atoms with E-state index >= 15 is 0 Å². The lowest BCUT2D eigenvalue weighted by Crippen LogP contribution is -2.11. The van der Waals surface area contributed by atoms with Crippen LogP contribution in [0.15, 0.2) is 49.3 Å². The van der Waals surface area contributed by atoms with Gasteiger partial charge in [0.2, 0.25) is 0 Å². The van der Waals surface area contributed by atoms with Crippen molar-refractivity contribution in [3.63, 3.8) is 0 Å². The standard InChI is InChI=1S/C18H22F2O2.C3H4.C2H2/c1-4-9-22-14(3)5-6-15-11-17(20)8-7-16(15)12-18(21)10-13(2)19;1-3-2;1-2/h4-8,11,14,18,21H,1-2,9-10,12H2,3H3;1H,2H3;1-2H/b6-5-;;. The second-order valence-electron chi connectivity index (χ2n) is 5.40. The third kappa shape index (κ3) is 14.2. The minimum atomic E-state index is -0.885. The van der Waals surface area contributed by atoms with Crippen molar-refractivity contribution in [2.45, 2.75) is 38.9 Å². The van der Waals surface area contributed by atoms with E-state index in [-0.39, 0.29) is 24.8 Å². The second kappa shape index (κ2) is 16.8. The van der Waals surface area contributed by atoms with Crippen LogP contribution in [-0.2, 0) is 11.2 Å². The highest BCUT2D eigenvalue weighted by Crippen LogP contribution is 2.18. The summed E-state index contributed by atoms with van der Waals surface area (Å²) in [4.78, 5) is 0. The summed E-state index contributed by atoms with van der Waals surface area (Å²) in [5.74, 6) is 1.31. The van der Waals surface area contributed by atoms with Gasteiger partial charge >= 0.3 is 0 Å². The average Bonchev–Trinajstić information content (AvgIpc) is 2.61. The minimum absolute atomic E-state index is 0.126. The van der Waals surface area contributed by atoms with E-state index in [0.717, 1.165) is 5.56 Å². The Morgan fingerprint density at radius 1 is 1.41 bits per heavy atom. The SMILES string of the molecule is C#C.C#CC.C=CCOC(C)/C=C\c1cc(F)ccc1CC(O)CC(=C)F. The zero-order chi connectivity index (χ0) is 21.2. The van der Waals surface area contributed by atoms with Crippen molar-refractivity contribution in [3.05, 3.63) is 66.3 Å². The quantitative estimate of drug-likeness (QED) is 0.482. The molecule has 0 aliphatic rings. The molecule has 2 unspecified atom stereocenters. The summed E-state index contributed by atoms with van der Waals surface area (Å²) in [5, 5.41) is 9.81. The molecule has 0 heterocycles. The lowest BCUT2D eigenvalue weighted by atomic mass is 9.99. The smallest absolute Gasteiger partial charge is 0.123 e. The van der Waals surface area contributed by atoms with Crippen LogP contribution in [0.25, 0.3) is 6.08 Å². The Morgan fingerprint density at radius 3 is 2.52 bits per heavy atom. The Balaban J connectivity index is 0. The van der Waals surface area contributed by atoms with E-state index in [1.165, 1.54) is 12.1 Å². The van der Waals surface area contributed by atoms with Gasteiger partial charge in [0.25, 0.3) is 0 Å². The van der Waals surface area contributed by atoms with Crippen LogP contribution in [0.4, 0.5) is 8.78 Å². The van der Waals surface area contributed by atoms with Crippen LogP contribution >= 0.6 is 0 Å². The first kappa shape index (κ1) is 26.6. The first-order valence-electron chi connectivity index (χ1n) is 8.25. The summed E-state index contributed by atoms with van der Waals surface area (Å²) in [6, 6.07) is 4.29. The fourth-order valence-corrected chi connectivity index (χ4v) is 2.00. The third-order valence-electron chi connectivity index (χ3n) is 3.04. The zero-order valence-corrected chi connectivity index (χ0v) is 16.0. The minimum Gasteiger partial charge on any atom is -0.392 e. The van der Waals surface area contributed by atoms with E-state index in [2.05, 4.69) is 38.3 Å². The Morgan fingerprint density at radius 2 is 2.00 bits per heavy atom. The van der Waals surface area contributed by atoms with Gasteiger partial charge < -0.3 is 9.84 Å². The van der Waals surface area contributed by atoms with Crippen LogP contribution in [0, 0.1) is 31.0 Å². The molecular weight excluding hydrogens is 346 g/mol. The summed E-state index contributed by atoms with van der Waals surface area (Å²) in [6.45, 7) is 10.6. The predicted octanol–water partition coefficient (Wildman–Crippen LogP) is 5.10. The van der Waals surface area contributed by atoms with Crippen LogP contribution in [0.2, 0.25) is 0 Å². The second-order valence-corrected chi connectivity index (χ2v) is 5.40. The highest BCUT2D eigenvalue weighted by Gasteiger charge is 2.11. The zero-order valence-electron chi connectivity index (χ0n) is 16.0. The van der Waals surface area contributed by atoms with E-state index < -0.39 is 11.9 Å². The molecule has 27 heavy (non-hydrogen) atoms. The molecule has 0 radical (unpaired) electrons. The van der Waals surface area contributed by atoms with Crippen molar-refractivity contribution >= 4 is 6.08 Å². The normalized spacial score (nSPS) is 11.8. The maximum atomic E-state index is 13.4. The molecule has 0 amide bonds. The van der Waals surface area contributed by atoms with Gasteiger partial charge in [-0.2, -0.15) is 0 Å². The molecule has 0 saturated heterocycles. The van der Waals surface area contributed by atoms with Crippen molar-refractivity contribution in [2.24, 2.45) is 0 Å². The molecule has 1 N–H and O–H groups in total. The highest BCUT2D eigenvalue weighted by atomic mass is 19.1. The van der Waals surface area contributed by atoms with Gasteiger partial charge in [-0.25, -0.2) is 8.78 Å². The molecule has 2 atom stereocenters. The summed E-state index contributed by atoms with van der Waals surface area (Å²) < 4.78 is 31.6. The lowest BCUT2D eigenvalue weighted by Gasteiger charge is -2.12. The van der Waals surface area contributed by atoms with Crippen LogP contribution < -0.4 is 0 Å². The van der Waals surface area contributed by atoms with Crippen LogP contribution in [0.5, 0.6) is 0 Å². The van der Waals surface area contributed by atoms with E-state index in [4.69, 9.17) is 4.74 Å². The molecular formula is C23H28F2O2. The number of ether oxygens (including phenoxy) is 1. The lowest BCUT2D eigenvalue weighted by molar-refractivity contribution is 0.124. The number of aliphatic hydroxyl groups excluding tert-OH is 1. The predicted molar refractivity (Wildman–Crippen MR) is 110 cm³/mol. The van der Waals surface area contributed by atoms with Crippen molar-refractivity contribution in [1.82, 2.24) is 0 Å². The van der Waals surface area contributed by atoms with Gasteiger partial charge in [-0.3, -0.25) is 0 Å². The van der Waals surface area contributed by atoms with Crippen molar-refractivity contribution in [2.75, 3.05) is 6.61 Å². The molecule has 4 heteroatoms. The van der Waals surface area contributed by atoms with Gasteiger partial charge in [0.1, 0.15) is 5.82 Å². The van der Waals surface area contributed by atoms with Gasteiger partial charge in [-0.05, 0) is 43.5 Å². The topological polar surface area (TPSA) is 29.5 Å². The molecule has 0 saturated carbocycles. The molecule has 1 aromatic carbocycles. The van der Waals surface area contributed by atoms with Gasteiger partial charge in [0.05, 0.1) is 24.6 Å². The summed E-state index contributed by atoms with van der Waals surface area (Å²) in [7, 11) is 0. The molecule has 0 aliphatic heterocycles. The number of benzene rings is 1. The van der Waals surface area contributed by atoms with Gasteiger partial charge in [-0.15, -0.1) is 31.8 Å². The van der Waals surface area contributed by atoms with E-state index in [9.17, 15) is 13.9 Å². The van der Waals surface area contributed by atoms with Crippen molar-refractivity contribution in [1.29, 1.82) is 0 Å². The molecule has 0 fully saturated rings. The molecule has 0 spiro atoms. The first-order chi connectivity index (χ1) is 12.8. The highest BCUT2D eigenvalue weighted by molar-refractivity contribution is 5.54. The molecule has 0 aromatic heterocycles. The van der Waals surface area contributed by atoms with Crippen molar-refractivity contribution in [3.8, 4) is 25.2 Å². The Hall–Kier alpha value is -2.66. The summed E-state index contributed by atoms with van der Waals surface area (Å²) in [6.07, 6.45) is 16.8. The molecule has 1 aromatic rings. The largest absolute Gasteiger partial charge is 0.392 e. The number of aliphatic hydroxyl groups is 1. The summed E-state index contributed by atoms with van der Waals surface area (Å²) in [5.41, 5.74) is 1.37. The first-order valence-corrected chi connectivity index (χ1v) is 8.25. The van der Waals surface area contributed by atoms with Crippen LogP contribution in [0.1, 0.15) is 31.4 Å². The van der Waals surface area contributed by atoms with E-state index in [0.29, 0.717) is 12.2 Å². The van der Waals surface area contributed by atoms with Crippen LogP contribution in [-0.4, -0.2) is 23.9 Å². The number of halogens is 2. The maximum absolute atomic E-state index is 13.4. The third-order valence-corrected chi connectivity index (χ3v) is 3.04. The number of terminal acetylenes is 2. The van der Waals surface area contributed by atoms with Gasteiger partial charge in [-0.1, -0.05) is 30.9 Å². The Bertz CT molecular complexity index is 654. The number of rotatable bonds is 9. The Labute approximate surface area is 162 Å². The monoisotopic (exact) mass is 374 g/mol. The molecule has 0 bridgehead atoms. The fourth-order valence-electron chi connectivity index (χ4n) is 2.00. The number of hydrogen-bond donors (Lipinski definition) is 1. The van der Waals surface area contributed by atoms with Gasteiger partial charge in [0.15, 0.2) is 0 Å². The average molecular weight is 374 g/mol. The molecule has 2 nitrogen and oxygen atoms in total. The fraction of sp³-hybridized carbons (Fsp3) is 0.304. The number of hydrogen-bond acceptors (Lipinski definition) is 2. The van der Waals surface area contributed by atoms with Crippen molar-refractivity contribution < 1.29 is 18.6 Å². The van der Waals surface area contributed by atoms with Crippen LogP contribution in [0.3, 0.4) is 0 Å². The van der Waals surface area contributed by atoms with Gasteiger partial charge in [0, 0.05) is 6.42 Å². The Kier molecular flexibility index (Phi) is 16.5. The molecule has 1 rings (SSSR count). The van der Waals surface area contributed by atoms with E-state index in [1.54, 1.807) is 31.2 Å².